The standard InChI is InChI=1S/C14H12Cl2N2O/c1-8-10(15)3-2-4-13(8)18-14(19)9-5-6-12(17)11(16)7-9/h2-7H,17H2,1H3,(H,18,19). The second-order valence-electron chi connectivity index (χ2n) is 4.10. The molecule has 0 aliphatic rings. The topological polar surface area (TPSA) is 55.1 Å². The zero-order valence-electron chi connectivity index (χ0n) is 10.2. The third-order valence-electron chi connectivity index (χ3n) is 2.78. The smallest absolute Gasteiger partial charge is 0.255 e. The quantitative estimate of drug-likeness (QED) is 0.818. The van der Waals surface area contributed by atoms with Gasteiger partial charge in [0.1, 0.15) is 0 Å². The lowest BCUT2D eigenvalue weighted by molar-refractivity contribution is 0.102. The molecule has 0 aliphatic carbocycles. The largest absolute Gasteiger partial charge is 0.398 e. The summed E-state index contributed by atoms with van der Waals surface area (Å²) in [5.74, 6) is -0.257. The third-order valence-corrected chi connectivity index (χ3v) is 3.52. The maximum Gasteiger partial charge on any atom is 0.255 e. The number of rotatable bonds is 2. The summed E-state index contributed by atoms with van der Waals surface area (Å²) in [6.45, 7) is 1.84. The maximum atomic E-state index is 12.1. The maximum absolute atomic E-state index is 12.1. The van der Waals surface area contributed by atoms with Gasteiger partial charge in [0.15, 0.2) is 0 Å². The van der Waals surface area contributed by atoms with Gasteiger partial charge in [0.2, 0.25) is 0 Å². The van der Waals surface area contributed by atoms with Crippen LogP contribution < -0.4 is 11.1 Å². The molecule has 0 unspecified atom stereocenters. The van der Waals surface area contributed by atoms with Crippen LogP contribution in [0, 0.1) is 6.92 Å². The number of nitrogen functional groups attached to an aromatic ring is 1. The number of nitrogens with two attached hydrogens (primary N) is 1. The summed E-state index contributed by atoms with van der Waals surface area (Å²) in [6, 6.07) is 10.1. The molecule has 0 saturated heterocycles. The van der Waals surface area contributed by atoms with Crippen molar-refractivity contribution < 1.29 is 4.79 Å². The SMILES string of the molecule is Cc1c(Cl)cccc1NC(=O)c1ccc(N)c(Cl)c1. The molecular formula is C14H12Cl2N2O. The number of carbonyl (C=O) groups excluding carboxylic acids is 1. The molecule has 0 heterocycles. The van der Waals surface area contributed by atoms with Gasteiger partial charge in [-0.25, -0.2) is 0 Å². The molecule has 2 aromatic carbocycles. The van der Waals surface area contributed by atoms with Crippen molar-refractivity contribution in [2.45, 2.75) is 6.92 Å². The monoisotopic (exact) mass is 294 g/mol. The molecule has 0 bridgehead atoms. The van der Waals surface area contributed by atoms with E-state index in [2.05, 4.69) is 5.32 Å². The van der Waals surface area contributed by atoms with E-state index in [0.717, 1.165) is 5.56 Å². The molecule has 0 aliphatic heterocycles. The predicted molar refractivity (Wildman–Crippen MR) is 80.0 cm³/mol. The number of amides is 1. The number of halogens is 2. The Labute approximate surface area is 121 Å². The van der Waals surface area contributed by atoms with Gasteiger partial charge < -0.3 is 11.1 Å². The molecule has 98 valence electrons. The van der Waals surface area contributed by atoms with Crippen LogP contribution in [0.4, 0.5) is 11.4 Å². The van der Waals surface area contributed by atoms with Crippen LogP contribution in [0.2, 0.25) is 10.0 Å². The fourth-order valence-corrected chi connectivity index (χ4v) is 1.96. The van der Waals surface area contributed by atoms with Crippen molar-refractivity contribution >= 4 is 40.5 Å². The number of hydrogen-bond acceptors (Lipinski definition) is 2. The molecule has 2 aromatic rings. The summed E-state index contributed by atoms with van der Waals surface area (Å²) in [5, 5.41) is 3.75. The van der Waals surface area contributed by atoms with Gasteiger partial charge >= 0.3 is 0 Å². The minimum Gasteiger partial charge on any atom is -0.398 e. The Balaban J connectivity index is 2.26. The van der Waals surface area contributed by atoms with Gasteiger partial charge in [0.25, 0.3) is 5.91 Å². The van der Waals surface area contributed by atoms with E-state index in [4.69, 9.17) is 28.9 Å². The van der Waals surface area contributed by atoms with E-state index < -0.39 is 0 Å². The van der Waals surface area contributed by atoms with Crippen LogP contribution in [0.1, 0.15) is 15.9 Å². The zero-order chi connectivity index (χ0) is 14.0. The second-order valence-corrected chi connectivity index (χ2v) is 4.92. The van der Waals surface area contributed by atoms with Crippen molar-refractivity contribution in [3.05, 3.63) is 57.6 Å². The van der Waals surface area contributed by atoms with Gasteiger partial charge in [0.05, 0.1) is 10.7 Å². The molecule has 3 N–H and O–H groups in total. The first-order valence-corrected chi connectivity index (χ1v) is 6.36. The highest BCUT2D eigenvalue weighted by atomic mass is 35.5. The van der Waals surface area contributed by atoms with E-state index in [1.807, 2.05) is 6.92 Å². The molecule has 0 atom stereocenters. The number of nitrogens with one attached hydrogen (secondary N) is 1. The van der Waals surface area contributed by atoms with Crippen LogP contribution in [0.3, 0.4) is 0 Å². The molecule has 0 fully saturated rings. The van der Waals surface area contributed by atoms with Gasteiger partial charge in [-0.1, -0.05) is 29.3 Å². The lowest BCUT2D eigenvalue weighted by Crippen LogP contribution is -2.13. The van der Waals surface area contributed by atoms with Crippen LogP contribution in [-0.4, -0.2) is 5.91 Å². The highest BCUT2D eigenvalue weighted by Crippen LogP contribution is 2.24. The van der Waals surface area contributed by atoms with Crippen molar-refractivity contribution in [3.63, 3.8) is 0 Å². The normalized spacial score (nSPS) is 10.3. The molecule has 0 saturated carbocycles. The Morgan fingerprint density at radius 1 is 1.16 bits per heavy atom. The van der Waals surface area contributed by atoms with Crippen LogP contribution >= 0.6 is 23.2 Å². The van der Waals surface area contributed by atoms with Crippen molar-refractivity contribution in [1.82, 2.24) is 0 Å². The Morgan fingerprint density at radius 2 is 1.89 bits per heavy atom. The van der Waals surface area contributed by atoms with Gasteiger partial charge in [-0.3, -0.25) is 4.79 Å². The molecule has 1 amide bonds. The van der Waals surface area contributed by atoms with E-state index in [9.17, 15) is 4.79 Å². The summed E-state index contributed by atoms with van der Waals surface area (Å²) < 4.78 is 0. The minimum absolute atomic E-state index is 0.257. The van der Waals surface area contributed by atoms with Gasteiger partial charge in [-0.05, 0) is 42.8 Å². The first-order valence-electron chi connectivity index (χ1n) is 5.60. The van der Waals surface area contributed by atoms with Crippen LogP contribution in [-0.2, 0) is 0 Å². The summed E-state index contributed by atoms with van der Waals surface area (Å²) in [6.07, 6.45) is 0. The predicted octanol–water partition coefficient (Wildman–Crippen LogP) is 4.14. The average molecular weight is 295 g/mol. The summed E-state index contributed by atoms with van der Waals surface area (Å²) in [4.78, 5) is 12.1. The van der Waals surface area contributed by atoms with E-state index in [1.165, 1.54) is 6.07 Å². The zero-order valence-corrected chi connectivity index (χ0v) is 11.7. The molecule has 0 radical (unpaired) electrons. The van der Waals surface area contributed by atoms with Crippen LogP contribution in [0.5, 0.6) is 0 Å². The summed E-state index contributed by atoms with van der Waals surface area (Å²) >= 11 is 11.9. The molecule has 19 heavy (non-hydrogen) atoms. The fraction of sp³-hybridized carbons (Fsp3) is 0.0714. The first-order chi connectivity index (χ1) is 8.99. The van der Waals surface area contributed by atoms with Gasteiger partial charge in [-0.15, -0.1) is 0 Å². The minimum atomic E-state index is -0.257. The van der Waals surface area contributed by atoms with Gasteiger partial charge in [-0.2, -0.15) is 0 Å². The lowest BCUT2D eigenvalue weighted by Gasteiger charge is -2.10. The van der Waals surface area contributed by atoms with Crippen LogP contribution in [0.25, 0.3) is 0 Å². The van der Waals surface area contributed by atoms with E-state index in [0.29, 0.717) is 27.0 Å². The Hall–Kier alpha value is -1.71. The lowest BCUT2D eigenvalue weighted by atomic mass is 10.1. The molecule has 0 spiro atoms. The molecular weight excluding hydrogens is 283 g/mol. The van der Waals surface area contributed by atoms with E-state index >= 15 is 0 Å². The Kier molecular flexibility index (Phi) is 3.98. The van der Waals surface area contributed by atoms with E-state index in [1.54, 1.807) is 30.3 Å². The molecule has 3 nitrogen and oxygen atoms in total. The molecule has 0 aromatic heterocycles. The van der Waals surface area contributed by atoms with Crippen molar-refractivity contribution in [3.8, 4) is 0 Å². The highest BCUT2D eigenvalue weighted by molar-refractivity contribution is 6.33. The summed E-state index contributed by atoms with van der Waals surface area (Å²) in [7, 11) is 0. The number of hydrogen-bond donors (Lipinski definition) is 2. The number of benzene rings is 2. The molecule has 5 heteroatoms. The van der Waals surface area contributed by atoms with E-state index in [-0.39, 0.29) is 5.91 Å². The Morgan fingerprint density at radius 3 is 2.58 bits per heavy atom. The Bertz CT molecular complexity index is 641. The highest BCUT2D eigenvalue weighted by Gasteiger charge is 2.10. The van der Waals surface area contributed by atoms with Crippen molar-refractivity contribution in [2.24, 2.45) is 0 Å². The fourth-order valence-electron chi connectivity index (χ4n) is 1.61. The number of anilines is 2. The number of carbonyl (C=O) groups is 1. The molecule has 2 rings (SSSR count). The van der Waals surface area contributed by atoms with Crippen molar-refractivity contribution in [2.75, 3.05) is 11.1 Å². The van der Waals surface area contributed by atoms with Crippen LogP contribution in [0.15, 0.2) is 36.4 Å². The average Bonchev–Trinajstić information content (AvgIpc) is 2.38. The van der Waals surface area contributed by atoms with Gasteiger partial charge in [0, 0.05) is 16.3 Å². The summed E-state index contributed by atoms with van der Waals surface area (Å²) in [5.41, 5.74) is 7.98. The second kappa shape index (κ2) is 5.51. The van der Waals surface area contributed by atoms with Crippen molar-refractivity contribution in [1.29, 1.82) is 0 Å². The third kappa shape index (κ3) is 3.00. The first kappa shape index (κ1) is 13.7.